The lowest BCUT2D eigenvalue weighted by atomic mass is 10.2. The van der Waals surface area contributed by atoms with E-state index in [0.29, 0.717) is 13.0 Å². The summed E-state index contributed by atoms with van der Waals surface area (Å²) in [5, 5.41) is 3.02. The lowest BCUT2D eigenvalue weighted by Gasteiger charge is -2.22. The first kappa shape index (κ1) is 12.1. The van der Waals surface area contributed by atoms with E-state index in [9.17, 15) is 9.59 Å². The molecule has 0 radical (unpaired) electrons. The van der Waals surface area contributed by atoms with Crippen LogP contribution in [0.15, 0.2) is 0 Å². The molecule has 0 saturated carbocycles. The first-order valence-electron chi connectivity index (χ1n) is 5.30. The van der Waals surface area contributed by atoms with Crippen LogP contribution in [0.2, 0.25) is 0 Å². The highest BCUT2D eigenvalue weighted by molar-refractivity contribution is 6.05. The van der Waals surface area contributed by atoms with Crippen molar-refractivity contribution in [1.82, 2.24) is 15.1 Å². The summed E-state index contributed by atoms with van der Waals surface area (Å²) in [7, 11) is 3.75. The van der Waals surface area contributed by atoms with E-state index in [1.165, 1.54) is 4.90 Å². The number of likely N-dealkylation sites (N-methyl/N-ethyl adjacent to an activating group) is 3. The van der Waals surface area contributed by atoms with Crippen LogP contribution in [0.3, 0.4) is 0 Å². The number of imide groups is 1. The van der Waals surface area contributed by atoms with Crippen molar-refractivity contribution < 1.29 is 9.59 Å². The van der Waals surface area contributed by atoms with Crippen LogP contribution in [0.1, 0.15) is 13.3 Å². The van der Waals surface area contributed by atoms with Crippen molar-refractivity contribution in [1.29, 1.82) is 0 Å². The number of nitrogens with one attached hydrogen (secondary N) is 1. The lowest BCUT2D eigenvalue weighted by molar-refractivity contribution is -0.139. The summed E-state index contributed by atoms with van der Waals surface area (Å²) in [6.45, 7) is 3.90. The molecule has 2 amide bonds. The molecule has 1 atom stereocenters. The number of nitrogens with zero attached hydrogens (tertiary/aromatic N) is 2. The average molecular weight is 213 g/mol. The van der Waals surface area contributed by atoms with Crippen molar-refractivity contribution in [2.75, 3.05) is 33.7 Å². The largest absolute Gasteiger partial charge is 0.318 e. The standard InChI is InChI=1S/C10H19N3O2/c1-4-13-9(14)7-8(10(13)15)12(3)6-5-11-2/h8,11H,4-7H2,1-3H3. The normalized spacial score (nSPS) is 21.9. The van der Waals surface area contributed by atoms with Gasteiger partial charge in [-0.2, -0.15) is 0 Å². The fraction of sp³-hybridized carbons (Fsp3) is 0.800. The molecule has 0 aromatic rings. The summed E-state index contributed by atoms with van der Waals surface area (Å²) in [5.41, 5.74) is 0. The van der Waals surface area contributed by atoms with Gasteiger partial charge in [0.1, 0.15) is 0 Å². The van der Waals surface area contributed by atoms with Gasteiger partial charge < -0.3 is 5.32 Å². The fourth-order valence-electron chi connectivity index (χ4n) is 1.79. The van der Waals surface area contributed by atoms with E-state index in [-0.39, 0.29) is 17.9 Å². The van der Waals surface area contributed by atoms with Gasteiger partial charge in [-0.05, 0) is 21.0 Å². The molecular formula is C10H19N3O2. The van der Waals surface area contributed by atoms with Crippen LogP contribution >= 0.6 is 0 Å². The smallest absolute Gasteiger partial charge is 0.247 e. The first-order chi connectivity index (χ1) is 7.11. The van der Waals surface area contributed by atoms with Crippen LogP contribution in [-0.2, 0) is 9.59 Å². The average Bonchev–Trinajstić information content (AvgIpc) is 2.50. The third-order valence-electron chi connectivity index (χ3n) is 2.78. The minimum Gasteiger partial charge on any atom is -0.318 e. The van der Waals surface area contributed by atoms with Crippen LogP contribution < -0.4 is 5.32 Å². The van der Waals surface area contributed by atoms with Crippen LogP contribution in [0, 0.1) is 0 Å². The Kier molecular flexibility index (Phi) is 4.23. The third-order valence-corrected chi connectivity index (χ3v) is 2.78. The Balaban J connectivity index is 2.57. The highest BCUT2D eigenvalue weighted by Gasteiger charge is 2.39. The van der Waals surface area contributed by atoms with Gasteiger partial charge in [-0.15, -0.1) is 0 Å². The molecule has 1 aliphatic heterocycles. The summed E-state index contributed by atoms with van der Waals surface area (Å²) < 4.78 is 0. The van der Waals surface area contributed by atoms with E-state index in [1.54, 1.807) is 0 Å². The zero-order valence-electron chi connectivity index (χ0n) is 9.62. The predicted octanol–water partition coefficient (Wildman–Crippen LogP) is -0.715. The van der Waals surface area contributed by atoms with E-state index in [0.717, 1.165) is 13.1 Å². The molecule has 1 N–H and O–H groups in total. The molecule has 1 saturated heterocycles. The molecule has 15 heavy (non-hydrogen) atoms. The number of hydrogen-bond donors (Lipinski definition) is 1. The van der Waals surface area contributed by atoms with Gasteiger partial charge >= 0.3 is 0 Å². The second-order valence-electron chi connectivity index (χ2n) is 3.78. The Hall–Kier alpha value is -0.940. The van der Waals surface area contributed by atoms with Gasteiger partial charge in [-0.25, -0.2) is 0 Å². The summed E-state index contributed by atoms with van der Waals surface area (Å²) in [5.74, 6) is -0.107. The fourth-order valence-corrected chi connectivity index (χ4v) is 1.79. The molecule has 5 heteroatoms. The third kappa shape index (κ3) is 2.54. The van der Waals surface area contributed by atoms with Gasteiger partial charge in [-0.1, -0.05) is 0 Å². The summed E-state index contributed by atoms with van der Waals surface area (Å²) in [6, 6.07) is -0.259. The molecule has 0 aromatic carbocycles. The number of hydrogen-bond acceptors (Lipinski definition) is 4. The van der Waals surface area contributed by atoms with E-state index >= 15 is 0 Å². The summed E-state index contributed by atoms with van der Waals surface area (Å²) in [4.78, 5) is 26.5. The van der Waals surface area contributed by atoms with E-state index in [2.05, 4.69) is 5.32 Å². The van der Waals surface area contributed by atoms with Crippen molar-refractivity contribution in [3.05, 3.63) is 0 Å². The Morgan fingerprint density at radius 3 is 2.67 bits per heavy atom. The van der Waals surface area contributed by atoms with Crippen molar-refractivity contribution in [3.8, 4) is 0 Å². The van der Waals surface area contributed by atoms with Gasteiger partial charge in [0.15, 0.2) is 0 Å². The molecule has 1 rings (SSSR count). The van der Waals surface area contributed by atoms with E-state index in [1.807, 2.05) is 25.9 Å². The highest BCUT2D eigenvalue weighted by atomic mass is 16.2. The first-order valence-corrected chi connectivity index (χ1v) is 5.30. The zero-order chi connectivity index (χ0) is 11.4. The maximum absolute atomic E-state index is 11.8. The minimum absolute atomic E-state index is 0.0520. The molecule has 5 nitrogen and oxygen atoms in total. The number of likely N-dealkylation sites (tertiary alicyclic amines) is 1. The van der Waals surface area contributed by atoms with Crippen molar-refractivity contribution in [2.24, 2.45) is 0 Å². The molecule has 0 bridgehead atoms. The Morgan fingerprint density at radius 2 is 2.20 bits per heavy atom. The molecule has 1 heterocycles. The maximum Gasteiger partial charge on any atom is 0.247 e. The molecule has 0 spiro atoms. The van der Waals surface area contributed by atoms with Crippen LogP contribution in [-0.4, -0.2) is 61.4 Å². The van der Waals surface area contributed by atoms with Crippen molar-refractivity contribution in [3.63, 3.8) is 0 Å². The lowest BCUT2D eigenvalue weighted by Crippen LogP contribution is -2.42. The topological polar surface area (TPSA) is 52.7 Å². The van der Waals surface area contributed by atoms with Crippen LogP contribution in [0.25, 0.3) is 0 Å². The molecule has 0 aliphatic carbocycles. The Bertz CT molecular complexity index is 255. The molecular weight excluding hydrogens is 194 g/mol. The van der Waals surface area contributed by atoms with E-state index in [4.69, 9.17) is 0 Å². The number of carbonyl (C=O) groups excluding carboxylic acids is 2. The number of amides is 2. The minimum atomic E-state index is -0.259. The highest BCUT2D eigenvalue weighted by Crippen LogP contribution is 2.16. The monoisotopic (exact) mass is 213 g/mol. The molecule has 1 unspecified atom stereocenters. The van der Waals surface area contributed by atoms with Crippen molar-refractivity contribution >= 4 is 11.8 Å². The van der Waals surface area contributed by atoms with Crippen LogP contribution in [0.5, 0.6) is 0 Å². The van der Waals surface area contributed by atoms with Crippen molar-refractivity contribution in [2.45, 2.75) is 19.4 Å². The van der Waals surface area contributed by atoms with Gasteiger partial charge in [0.2, 0.25) is 11.8 Å². The predicted molar refractivity (Wildman–Crippen MR) is 57.4 cm³/mol. The summed E-state index contributed by atoms with van der Waals surface area (Å²) >= 11 is 0. The van der Waals surface area contributed by atoms with Gasteiger partial charge in [0.05, 0.1) is 12.5 Å². The second-order valence-corrected chi connectivity index (χ2v) is 3.78. The summed E-state index contributed by atoms with van der Waals surface area (Å²) in [6.07, 6.45) is 0.326. The number of carbonyl (C=O) groups is 2. The van der Waals surface area contributed by atoms with Gasteiger partial charge in [-0.3, -0.25) is 19.4 Å². The Morgan fingerprint density at radius 1 is 1.53 bits per heavy atom. The zero-order valence-corrected chi connectivity index (χ0v) is 9.62. The molecule has 0 aromatic heterocycles. The Labute approximate surface area is 90.4 Å². The van der Waals surface area contributed by atoms with Gasteiger partial charge in [0, 0.05) is 19.6 Å². The quantitative estimate of drug-likeness (QED) is 0.613. The SMILES string of the molecule is CCN1C(=O)CC(N(C)CCNC)C1=O. The maximum atomic E-state index is 11.8. The molecule has 86 valence electrons. The van der Waals surface area contributed by atoms with E-state index < -0.39 is 0 Å². The second kappa shape index (κ2) is 5.23. The number of rotatable bonds is 5. The molecule has 1 fully saturated rings. The van der Waals surface area contributed by atoms with Gasteiger partial charge in [0.25, 0.3) is 0 Å². The van der Waals surface area contributed by atoms with Crippen LogP contribution in [0.4, 0.5) is 0 Å². The molecule has 1 aliphatic rings.